The fourth-order valence-corrected chi connectivity index (χ4v) is 2.76. The lowest BCUT2D eigenvalue weighted by molar-refractivity contribution is 0.0935. The monoisotopic (exact) mass is 316 g/mol. The van der Waals surface area contributed by atoms with Gasteiger partial charge in [0.1, 0.15) is 17.7 Å². The summed E-state index contributed by atoms with van der Waals surface area (Å²) in [5, 5.41) is 6.32. The van der Waals surface area contributed by atoms with Crippen LogP contribution in [0.5, 0.6) is 11.5 Å². The van der Waals surface area contributed by atoms with E-state index in [4.69, 9.17) is 4.74 Å². The second kappa shape index (κ2) is 6.08. The maximum atomic E-state index is 12.3. The standard InChI is InChI=1S/C20H16N2O2/c23-20-17-11-4-5-12-18(17)21-19(22-20)14-7-6-10-16(13-14)24-15-8-2-1-3-9-15/h1-13,19,21H,(H,22,23). The van der Waals surface area contributed by atoms with Gasteiger partial charge in [-0.05, 0) is 42.0 Å². The van der Waals surface area contributed by atoms with Crippen molar-refractivity contribution in [1.82, 2.24) is 5.32 Å². The van der Waals surface area contributed by atoms with Crippen LogP contribution in [0.1, 0.15) is 22.1 Å². The van der Waals surface area contributed by atoms with Crippen molar-refractivity contribution in [2.75, 3.05) is 5.32 Å². The minimum Gasteiger partial charge on any atom is -0.457 e. The van der Waals surface area contributed by atoms with Crippen LogP contribution in [-0.2, 0) is 0 Å². The molecular formula is C20H16N2O2. The summed E-state index contributed by atoms with van der Waals surface area (Å²) in [5.41, 5.74) is 2.43. The first kappa shape index (κ1) is 14.3. The zero-order chi connectivity index (χ0) is 16.4. The average molecular weight is 316 g/mol. The van der Waals surface area contributed by atoms with Gasteiger partial charge in [-0.25, -0.2) is 0 Å². The first-order chi connectivity index (χ1) is 11.8. The van der Waals surface area contributed by atoms with Crippen LogP contribution in [0.4, 0.5) is 5.69 Å². The van der Waals surface area contributed by atoms with Gasteiger partial charge >= 0.3 is 0 Å². The second-order valence-electron chi connectivity index (χ2n) is 5.58. The predicted octanol–water partition coefficient (Wildman–Crippen LogP) is 4.33. The molecule has 1 atom stereocenters. The zero-order valence-electron chi connectivity index (χ0n) is 12.9. The maximum Gasteiger partial charge on any atom is 0.255 e. The number of benzene rings is 3. The Morgan fingerprint density at radius 1 is 0.750 bits per heavy atom. The van der Waals surface area contributed by atoms with E-state index in [2.05, 4.69) is 10.6 Å². The molecule has 24 heavy (non-hydrogen) atoms. The summed E-state index contributed by atoms with van der Waals surface area (Å²) in [6.07, 6.45) is -0.285. The van der Waals surface area contributed by atoms with Crippen molar-refractivity contribution in [3.63, 3.8) is 0 Å². The van der Waals surface area contributed by atoms with Crippen LogP contribution in [-0.4, -0.2) is 5.91 Å². The topological polar surface area (TPSA) is 50.4 Å². The van der Waals surface area contributed by atoms with Crippen molar-refractivity contribution in [2.24, 2.45) is 0 Å². The number of anilines is 1. The molecule has 1 aliphatic rings. The molecule has 0 spiro atoms. The van der Waals surface area contributed by atoms with Gasteiger partial charge in [0.2, 0.25) is 0 Å². The number of hydrogen-bond acceptors (Lipinski definition) is 3. The molecule has 4 heteroatoms. The van der Waals surface area contributed by atoms with Gasteiger partial charge in [0.05, 0.1) is 5.56 Å². The molecule has 0 fully saturated rings. The minimum atomic E-state index is -0.285. The fourth-order valence-electron chi connectivity index (χ4n) is 2.76. The van der Waals surface area contributed by atoms with Gasteiger partial charge in [0.25, 0.3) is 5.91 Å². The van der Waals surface area contributed by atoms with Gasteiger partial charge in [-0.1, -0.05) is 42.5 Å². The number of nitrogens with one attached hydrogen (secondary N) is 2. The fraction of sp³-hybridized carbons (Fsp3) is 0.0500. The van der Waals surface area contributed by atoms with Crippen LogP contribution in [0.15, 0.2) is 78.9 Å². The predicted molar refractivity (Wildman–Crippen MR) is 93.2 cm³/mol. The third kappa shape index (κ3) is 2.82. The minimum absolute atomic E-state index is 0.0799. The molecule has 0 bridgehead atoms. The number of hydrogen-bond donors (Lipinski definition) is 2. The molecule has 0 aliphatic carbocycles. The van der Waals surface area contributed by atoms with E-state index in [0.29, 0.717) is 5.56 Å². The Morgan fingerprint density at radius 3 is 2.38 bits per heavy atom. The van der Waals surface area contributed by atoms with E-state index < -0.39 is 0 Å². The summed E-state index contributed by atoms with van der Waals surface area (Å²) in [6.45, 7) is 0. The summed E-state index contributed by atoms with van der Waals surface area (Å²) in [5.74, 6) is 1.43. The Bertz CT molecular complexity index is 878. The van der Waals surface area contributed by atoms with Crippen LogP contribution in [0.3, 0.4) is 0 Å². The first-order valence-electron chi connectivity index (χ1n) is 7.79. The van der Waals surface area contributed by atoms with E-state index >= 15 is 0 Å². The van der Waals surface area contributed by atoms with Gasteiger partial charge in [0.15, 0.2) is 0 Å². The number of rotatable bonds is 3. The summed E-state index contributed by atoms with van der Waals surface area (Å²) in [4.78, 5) is 12.3. The zero-order valence-corrected chi connectivity index (χ0v) is 12.9. The van der Waals surface area contributed by atoms with Crippen LogP contribution >= 0.6 is 0 Å². The highest BCUT2D eigenvalue weighted by Gasteiger charge is 2.24. The second-order valence-corrected chi connectivity index (χ2v) is 5.58. The van der Waals surface area contributed by atoms with E-state index in [-0.39, 0.29) is 12.1 Å². The SMILES string of the molecule is O=C1NC(c2cccc(Oc3ccccc3)c2)Nc2ccccc21. The highest BCUT2D eigenvalue weighted by molar-refractivity contribution is 6.01. The summed E-state index contributed by atoms with van der Waals surface area (Å²) < 4.78 is 5.87. The largest absolute Gasteiger partial charge is 0.457 e. The lowest BCUT2D eigenvalue weighted by atomic mass is 10.1. The van der Waals surface area contributed by atoms with Gasteiger partial charge in [-0.2, -0.15) is 0 Å². The Kier molecular flexibility index (Phi) is 3.63. The Labute approximate surface area is 140 Å². The third-order valence-corrected chi connectivity index (χ3v) is 3.92. The Hall–Kier alpha value is -3.27. The highest BCUT2D eigenvalue weighted by Crippen LogP contribution is 2.29. The van der Waals surface area contributed by atoms with E-state index in [1.165, 1.54) is 0 Å². The van der Waals surface area contributed by atoms with E-state index in [1.54, 1.807) is 0 Å². The number of para-hydroxylation sites is 2. The molecule has 4 rings (SSSR count). The quantitative estimate of drug-likeness (QED) is 0.756. The van der Waals surface area contributed by atoms with Crippen LogP contribution < -0.4 is 15.4 Å². The summed E-state index contributed by atoms with van der Waals surface area (Å²) in [7, 11) is 0. The first-order valence-corrected chi connectivity index (χ1v) is 7.79. The lowest BCUT2D eigenvalue weighted by Gasteiger charge is -2.28. The van der Waals surface area contributed by atoms with Gasteiger partial charge < -0.3 is 15.4 Å². The summed E-state index contributed by atoms with van der Waals surface area (Å²) >= 11 is 0. The molecule has 118 valence electrons. The van der Waals surface area contributed by atoms with Crippen molar-refractivity contribution in [3.8, 4) is 11.5 Å². The Morgan fingerprint density at radius 2 is 1.50 bits per heavy atom. The molecule has 1 aliphatic heterocycles. The van der Waals surface area contributed by atoms with Gasteiger partial charge in [0, 0.05) is 5.69 Å². The Balaban J connectivity index is 1.59. The van der Waals surface area contributed by atoms with Crippen molar-refractivity contribution in [3.05, 3.63) is 90.0 Å². The molecule has 2 N–H and O–H groups in total. The number of carbonyl (C=O) groups excluding carboxylic acids is 1. The number of fused-ring (bicyclic) bond motifs is 1. The molecule has 1 heterocycles. The molecule has 1 unspecified atom stereocenters. The van der Waals surface area contributed by atoms with E-state index in [9.17, 15) is 4.79 Å². The van der Waals surface area contributed by atoms with Crippen LogP contribution in [0, 0.1) is 0 Å². The van der Waals surface area contributed by atoms with Crippen molar-refractivity contribution < 1.29 is 9.53 Å². The maximum absolute atomic E-state index is 12.3. The summed E-state index contributed by atoms with van der Waals surface area (Å²) in [6, 6.07) is 24.8. The van der Waals surface area contributed by atoms with Gasteiger partial charge in [-0.15, -0.1) is 0 Å². The molecule has 1 amide bonds. The molecule has 0 saturated carbocycles. The number of carbonyl (C=O) groups is 1. The lowest BCUT2D eigenvalue weighted by Crippen LogP contribution is -2.38. The normalized spacial score (nSPS) is 15.8. The molecule has 3 aromatic rings. The van der Waals surface area contributed by atoms with Crippen LogP contribution in [0.2, 0.25) is 0 Å². The molecule has 4 nitrogen and oxygen atoms in total. The molecular weight excluding hydrogens is 300 g/mol. The highest BCUT2D eigenvalue weighted by atomic mass is 16.5. The molecule has 3 aromatic carbocycles. The third-order valence-electron chi connectivity index (χ3n) is 3.92. The van der Waals surface area contributed by atoms with Crippen LogP contribution in [0.25, 0.3) is 0 Å². The molecule has 0 saturated heterocycles. The average Bonchev–Trinajstić information content (AvgIpc) is 2.63. The number of amides is 1. The smallest absolute Gasteiger partial charge is 0.255 e. The molecule has 0 radical (unpaired) electrons. The van der Waals surface area contributed by atoms with E-state index in [0.717, 1.165) is 22.7 Å². The van der Waals surface area contributed by atoms with Crippen molar-refractivity contribution in [2.45, 2.75) is 6.17 Å². The molecule has 0 aromatic heterocycles. The van der Waals surface area contributed by atoms with Crippen molar-refractivity contribution >= 4 is 11.6 Å². The van der Waals surface area contributed by atoms with Crippen molar-refractivity contribution in [1.29, 1.82) is 0 Å². The van der Waals surface area contributed by atoms with E-state index in [1.807, 2.05) is 78.9 Å². The number of ether oxygens (including phenoxy) is 1. The van der Waals surface area contributed by atoms with Gasteiger partial charge in [-0.3, -0.25) is 4.79 Å².